The van der Waals surface area contributed by atoms with Gasteiger partial charge in [0.2, 0.25) is 0 Å². The summed E-state index contributed by atoms with van der Waals surface area (Å²) in [6.45, 7) is 12.6. The predicted octanol–water partition coefficient (Wildman–Crippen LogP) is 3.57. The van der Waals surface area contributed by atoms with E-state index < -0.39 is 0 Å². The van der Waals surface area contributed by atoms with E-state index in [0.717, 1.165) is 50.9 Å². The highest BCUT2D eigenvalue weighted by atomic mass is 127. The molecule has 30 heavy (non-hydrogen) atoms. The average Bonchev–Trinajstić information content (AvgIpc) is 3.16. The number of nitrogens with zero attached hydrogens (tertiary/aromatic N) is 1. The summed E-state index contributed by atoms with van der Waals surface area (Å²) in [6, 6.07) is 8.37. The molecule has 0 aliphatic carbocycles. The molecule has 1 atom stereocenters. The molecule has 2 rings (SSSR count). The van der Waals surface area contributed by atoms with E-state index in [0.29, 0.717) is 12.5 Å². The number of hydrogen-bond donors (Lipinski definition) is 3. The van der Waals surface area contributed by atoms with Gasteiger partial charge in [-0.3, -0.25) is 4.99 Å². The van der Waals surface area contributed by atoms with E-state index in [2.05, 4.69) is 55.5 Å². The average molecular weight is 533 g/mol. The van der Waals surface area contributed by atoms with Crippen molar-refractivity contribution in [3.05, 3.63) is 29.8 Å². The van der Waals surface area contributed by atoms with Crippen LogP contribution in [0.4, 0.5) is 0 Å². The summed E-state index contributed by atoms with van der Waals surface area (Å²) >= 11 is 0. The number of ether oxygens (including phenoxy) is 2. The molecule has 1 aliphatic heterocycles. The molecular formula is C23H40IN3O3. The molecule has 7 heteroatoms. The topological polar surface area (TPSA) is 75.1 Å². The first kappa shape index (κ1) is 27.0. The molecule has 0 radical (unpaired) electrons. The summed E-state index contributed by atoms with van der Waals surface area (Å²) in [7, 11) is 1.78. The number of benzene rings is 1. The second-order valence-electron chi connectivity index (χ2n) is 9.17. The van der Waals surface area contributed by atoms with Crippen LogP contribution in [0, 0.1) is 11.3 Å². The first-order valence-electron chi connectivity index (χ1n) is 10.7. The fourth-order valence-corrected chi connectivity index (χ4v) is 3.48. The fourth-order valence-electron chi connectivity index (χ4n) is 3.48. The Morgan fingerprint density at radius 1 is 1.27 bits per heavy atom. The van der Waals surface area contributed by atoms with Crippen LogP contribution in [0.3, 0.4) is 0 Å². The van der Waals surface area contributed by atoms with Crippen molar-refractivity contribution in [3.63, 3.8) is 0 Å². The Kier molecular flexibility index (Phi) is 11.4. The Morgan fingerprint density at radius 3 is 2.50 bits per heavy atom. The highest BCUT2D eigenvalue weighted by molar-refractivity contribution is 14.0. The summed E-state index contributed by atoms with van der Waals surface area (Å²) in [5, 5.41) is 16.3. The maximum atomic E-state index is 9.39. The van der Waals surface area contributed by atoms with Crippen molar-refractivity contribution in [2.45, 2.75) is 46.0 Å². The van der Waals surface area contributed by atoms with E-state index in [4.69, 9.17) is 9.47 Å². The lowest BCUT2D eigenvalue weighted by Crippen LogP contribution is -2.47. The zero-order chi connectivity index (χ0) is 21.3. The van der Waals surface area contributed by atoms with Gasteiger partial charge in [-0.05, 0) is 36.5 Å². The number of aliphatic hydroxyl groups excluding tert-OH is 1. The second kappa shape index (κ2) is 12.7. The smallest absolute Gasteiger partial charge is 0.191 e. The van der Waals surface area contributed by atoms with Crippen LogP contribution in [0.15, 0.2) is 29.3 Å². The molecule has 1 aromatic carbocycles. The summed E-state index contributed by atoms with van der Waals surface area (Å²) in [4.78, 5) is 4.36. The van der Waals surface area contributed by atoms with Crippen LogP contribution in [0.5, 0.6) is 5.75 Å². The van der Waals surface area contributed by atoms with Gasteiger partial charge >= 0.3 is 0 Å². The molecular weight excluding hydrogens is 493 g/mol. The third kappa shape index (κ3) is 8.23. The maximum absolute atomic E-state index is 9.39. The monoisotopic (exact) mass is 533 g/mol. The zero-order valence-electron chi connectivity index (χ0n) is 19.2. The molecule has 172 valence electrons. The number of aliphatic hydroxyl groups is 1. The van der Waals surface area contributed by atoms with Crippen molar-refractivity contribution in [1.29, 1.82) is 0 Å². The van der Waals surface area contributed by atoms with Crippen molar-refractivity contribution < 1.29 is 14.6 Å². The van der Waals surface area contributed by atoms with E-state index in [1.165, 1.54) is 5.56 Å². The summed E-state index contributed by atoms with van der Waals surface area (Å²) in [5.74, 6) is 2.21. The molecule has 0 saturated carbocycles. The maximum Gasteiger partial charge on any atom is 0.191 e. The van der Waals surface area contributed by atoms with Crippen molar-refractivity contribution in [2.75, 3.05) is 46.6 Å². The van der Waals surface area contributed by atoms with Crippen molar-refractivity contribution >= 4 is 29.9 Å². The van der Waals surface area contributed by atoms with Gasteiger partial charge in [0.05, 0.1) is 13.2 Å². The van der Waals surface area contributed by atoms with E-state index >= 15 is 0 Å². The van der Waals surface area contributed by atoms with E-state index in [-0.39, 0.29) is 41.4 Å². The third-order valence-electron chi connectivity index (χ3n) is 5.60. The van der Waals surface area contributed by atoms with Crippen LogP contribution >= 0.6 is 24.0 Å². The normalized spacial score (nSPS) is 19.5. The van der Waals surface area contributed by atoms with Gasteiger partial charge < -0.3 is 25.2 Å². The Morgan fingerprint density at radius 2 is 1.97 bits per heavy atom. The standard InChI is InChI=1S/C23H39N3O3.HI/c1-18(2)14-29-20-8-6-19(7-9-20)22(3,4)15-25-21(24-5)26-16-23(10-12-27)11-13-28-17-23;/h6-9,18,27H,10-17H2,1-5H3,(H2,24,25,26);1H. The number of aliphatic imine (C=N–C) groups is 1. The van der Waals surface area contributed by atoms with Crippen molar-refractivity contribution in [2.24, 2.45) is 16.3 Å². The van der Waals surface area contributed by atoms with Crippen LogP contribution < -0.4 is 15.4 Å². The van der Waals surface area contributed by atoms with Crippen molar-refractivity contribution in [3.8, 4) is 5.75 Å². The summed E-state index contributed by atoms with van der Waals surface area (Å²) in [6.07, 6.45) is 1.71. The van der Waals surface area contributed by atoms with Crippen LogP contribution in [-0.2, 0) is 10.2 Å². The molecule has 0 amide bonds. The Bertz CT molecular complexity index is 642. The van der Waals surface area contributed by atoms with E-state index in [9.17, 15) is 5.11 Å². The number of hydrogen-bond acceptors (Lipinski definition) is 4. The van der Waals surface area contributed by atoms with Crippen LogP contribution in [0.25, 0.3) is 0 Å². The summed E-state index contributed by atoms with van der Waals surface area (Å²) in [5.41, 5.74) is 1.18. The summed E-state index contributed by atoms with van der Waals surface area (Å²) < 4.78 is 11.4. The van der Waals surface area contributed by atoms with Gasteiger partial charge in [0.15, 0.2) is 5.96 Å². The van der Waals surface area contributed by atoms with Gasteiger partial charge in [0, 0.05) is 44.2 Å². The molecule has 0 spiro atoms. The number of halogens is 1. The molecule has 1 saturated heterocycles. The van der Waals surface area contributed by atoms with E-state index in [1.807, 2.05) is 12.1 Å². The molecule has 0 aromatic heterocycles. The largest absolute Gasteiger partial charge is 0.493 e. The van der Waals surface area contributed by atoms with Gasteiger partial charge in [-0.15, -0.1) is 24.0 Å². The molecule has 1 aromatic rings. The first-order valence-corrected chi connectivity index (χ1v) is 10.7. The molecule has 1 unspecified atom stereocenters. The van der Waals surface area contributed by atoms with Crippen molar-refractivity contribution in [1.82, 2.24) is 10.6 Å². The minimum atomic E-state index is -0.0621. The van der Waals surface area contributed by atoms with Crippen LogP contribution in [0.2, 0.25) is 0 Å². The van der Waals surface area contributed by atoms with Gasteiger partial charge in [0.25, 0.3) is 0 Å². The Hall–Kier alpha value is -1.06. The minimum Gasteiger partial charge on any atom is -0.493 e. The second-order valence-corrected chi connectivity index (χ2v) is 9.17. The lowest BCUT2D eigenvalue weighted by molar-refractivity contribution is 0.127. The molecule has 1 aliphatic rings. The van der Waals surface area contributed by atoms with Gasteiger partial charge in [-0.2, -0.15) is 0 Å². The predicted molar refractivity (Wildman–Crippen MR) is 134 cm³/mol. The molecule has 3 N–H and O–H groups in total. The molecule has 1 heterocycles. The Labute approximate surface area is 199 Å². The third-order valence-corrected chi connectivity index (χ3v) is 5.60. The van der Waals surface area contributed by atoms with Crippen LogP contribution in [0.1, 0.15) is 46.1 Å². The number of rotatable bonds is 10. The molecule has 1 fully saturated rings. The lowest BCUT2D eigenvalue weighted by atomic mass is 9.84. The quantitative estimate of drug-likeness (QED) is 0.244. The first-order chi connectivity index (χ1) is 13.8. The minimum absolute atomic E-state index is 0. The van der Waals surface area contributed by atoms with Gasteiger partial charge in [-0.1, -0.05) is 39.8 Å². The lowest BCUT2D eigenvalue weighted by Gasteiger charge is -2.30. The van der Waals surface area contributed by atoms with Crippen LogP contribution in [-0.4, -0.2) is 57.6 Å². The molecule has 6 nitrogen and oxygen atoms in total. The number of guanidine groups is 1. The van der Waals surface area contributed by atoms with Gasteiger partial charge in [-0.25, -0.2) is 0 Å². The SMILES string of the molecule is CN=C(NCC1(CCO)CCOC1)NCC(C)(C)c1ccc(OCC(C)C)cc1.I. The highest BCUT2D eigenvalue weighted by Crippen LogP contribution is 2.31. The number of nitrogens with one attached hydrogen (secondary N) is 2. The van der Waals surface area contributed by atoms with Gasteiger partial charge in [0.1, 0.15) is 5.75 Å². The zero-order valence-corrected chi connectivity index (χ0v) is 21.5. The van der Waals surface area contributed by atoms with E-state index in [1.54, 1.807) is 7.05 Å². The highest BCUT2D eigenvalue weighted by Gasteiger charge is 2.34. The fraction of sp³-hybridized carbons (Fsp3) is 0.696. The Balaban J connectivity index is 0.00000450. The molecule has 0 bridgehead atoms.